The Morgan fingerprint density at radius 3 is 2.45 bits per heavy atom. The molecule has 0 spiro atoms. The van der Waals surface area contributed by atoms with Gasteiger partial charge >= 0.3 is 0 Å². The zero-order valence-electron chi connectivity index (χ0n) is 19.1. The Balaban J connectivity index is 1.75. The van der Waals surface area contributed by atoms with Gasteiger partial charge in [-0.25, -0.2) is 4.98 Å². The van der Waals surface area contributed by atoms with Crippen LogP contribution in [0.1, 0.15) is 5.56 Å². The van der Waals surface area contributed by atoms with Crippen molar-refractivity contribution in [2.45, 2.75) is 6.92 Å². The summed E-state index contributed by atoms with van der Waals surface area (Å²) < 4.78 is 5.52. The van der Waals surface area contributed by atoms with E-state index in [-0.39, 0.29) is 0 Å². The van der Waals surface area contributed by atoms with Gasteiger partial charge in [0.05, 0.1) is 24.0 Å². The van der Waals surface area contributed by atoms with Crippen LogP contribution in [0.2, 0.25) is 10.0 Å². The molecule has 3 aromatic carbocycles. The van der Waals surface area contributed by atoms with Crippen LogP contribution in [0.4, 0.5) is 23.0 Å². The third-order valence-corrected chi connectivity index (χ3v) is 5.89. The van der Waals surface area contributed by atoms with Crippen molar-refractivity contribution in [3.8, 4) is 5.75 Å². The highest BCUT2D eigenvalue weighted by atomic mass is 35.5. The second kappa shape index (κ2) is 9.91. The molecule has 33 heavy (non-hydrogen) atoms. The summed E-state index contributed by atoms with van der Waals surface area (Å²) in [6.45, 7) is 3.66. The summed E-state index contributed by atoms with van der Waals surface area (Å²) >= 11 is 12.3. The molecule has 1 aromatic heterocycles. The van der Waals surface area contributed by atoms with E-state index in [0.717, 1.165) is 46.7 Å². The maximum atomic E-state index is 6.20. The van der Waals surface area contributed by atoms with Gasteiger partial charge < -0.3 is 24.8 Å². The zero-order chi connectivity index (χ0) is 23.5. The second-order valence-electron chi connectivity index (χ2n) is 8.11. The number of nitrogens with one attached hydrogen (secondary N) is 2. The summed E-state index contributed by atoms with van der Waals surface area (Å²) in [6.07, 6.45) is 0. The van der Waals surface area contributed by atoms with Crippen molar-refractivity contribution in [1.29, 1.82) is 0 Å². The lowest BCUT2D eigenvalue weighted by molar-refractivity contribution is 0.416. The Hall–Kier alpha value is -2.93. The van der Waals surface area contributed by atoms with Crippen LogP contribution in [-0.4, -0.2) is 49.2 Å². The standard InChI is InChI=1S/C25H27Cl2N5O/c1-16-14-18(27)15-22(33-4)23(16)29-25-28-20-6-5-7-21(24(20)30-25)32(13-12-31(2)3)19-10-8-17(26)9-11-19/h5-11,14-15H,12-13H2,1-4H3,(H2,28,29,30). The van der Waals surface area contributed by atoms with E-state index in [2.05, 4.69) is 40.3 Å². The van der Waals surface area contributed by atoms with Gasteiger partial charge in [0.15, 0.2) is 0 Å². The molecule has 172 valence electrons. The first-order valence-electron chi connectivity index (χ1n) is 10.6. The van der Waals surface area contributed by atoms with Crippen molar-refractivity contribution in [2.75, 3.05) is 44.5 Å². The van der Waals surface area contributed by atoms with Crippen LogP contribution >= 0.6 is 23.2 Å². The van der Waals surface area contributed by atoms with Crippen LogP contribution in [0.25, 0.3) is 11.0 Å². The maximum absolute atomic E-state index is 6.20. The van der Waals surface area contributed by atoms with Crippen molar-refractivity contribution in [3.05, 3.63) is 70.2 Å². The number of methoxy groups -OCH3 is 1. The number of para-hydroxylation sites is 1. The molecule has 0 unspecified atom stereocenters. The molecule has 8 heteroatoms. The molecule has 0 radical (unpaired) electrons. The molecule has 0 fully saturated rings. The average molecular weight is 484 g/mol. The van der Waals surface area contributed by atoms with Crippen LogP contribution in [0.15, 0.2) is 54.6 Å². The largest absolute Gasteiger partial charge is 0.495 e. The number of aryl methyl sites for hydroxylation is 1. The highest BCUT2D eigenvalue weighted by Crippen LogP contribution is 2.36. The van der Waals surface area contributed by atoms with Crippen LogP contribution in [-0.2, 0) is 0 Å². The van der Waals surface area contributed by atoms with Crippen LogP contribution in [0.3, 0.4) is 0 Å². The number of aromatic nitrogens is 2. The van der Waals surface area contributed by atoms with Crippen LogP contribution < -0.4 is 15.0 Å². The average Bonchev–Trinajstić information content (AvgIpc) is 3.20. The molecular formula is C25H27Cl2N5O. The number of nitrogens with zero attached hydrogens (tertiary/aromatic N) is 3. The Bertz CT molecular complexity index is 1250. The molecular weight excluding hydrogens is 457 g/mol. The minimum absolute atomic E-state index is 0.626. The van der Waals surface area contributed by atoms with Crippen molar-refractivity contribution >= 4 is 57.2 Å². The fourth-order valence-corrected chi connectivity index (χ4v) is 4.14. The molecule has 0 saturated carbocycles. The molecule has 4 aromatic rings. The van der Waals surface area contributed by atoms with Gasteiger partial charge in [-0.2, -0.15) is 0 Å². The number of benzene rings is 3. The van der Waals surface area contributed by atoms with Gasteiger partial charge in [0.25, 0.3) is 0 Å². The summed E-state index contributed by atoms with van der Waals surface area (Å²) in [5.74, 6) is 1.29. The van der Waals surface area contributed by atoms with Gasteiger partial charge in [0, 0.05) is 34.9 Å². The molecule has 6 nitrogen and oxygen atoms in total. The number of aromatic amines is 1. The lowest BCUT2D eigenvalue weighted by Gasteiger charge is -2.27. The van der Waals surface area contributed by atoms with Crippen LogP contribution in [0, 0.1) is 6.92 Å². The number of ether oxygens (including phenoxy) is 1. The van der Waals surface area contributed by atoms with E-state index in [9.17, 15) is 0 Å². The second-order valence-corrected chi connectivity index (χ2v) is 8.99. The number of fused-ring (bicyclic) bond motifs is 1. The summed E-state index contributed by atoms with van der Waals surface area (Å²) in [7, 11) is 5.76. The molecule has 4 rings (SSSR count). The Kier molecular flexibility index (Phi) is 6.98. The van der Waals surface area contributed by atoms with Crippen molar-refractivity contribution in [2.24, 2.45) is 0 Å². The highest BCUT2D eigenvalue weighted by molar-refractivity contribution is 6.31. The quantitative estimate of drug-likeness (QED) is 0.294. The minimum Gasteiger partial charge on any atom is -0.495 e. The van der Waals surface area contributed by atoms with Crippen LogP contribution in [0.5, 0.6) is 5.75 Å². The third-order valence-electron chi connectivity index (χ3n) is 5.42. The summed E-state index contributed by atoms with van der Waals surface area (Å²) in [5, 5.41) is 4.71. The Morgan fingerprint density at radius 1 is 1.00 bits per heavy atom. The number of anilines is 4. The lowest BCUT2D eigenvalue weighted by Crippen LogP contribution is -2.28. The summed E-state index contributed by atoms with van der Waals surface area (Å²) in [6, 6.07) is 17.7. The number of likely N-dealkylation sites (N-methyl/N-ethyl adjacent to an activating group) is 1. The fourth-order valence-electron chi connectivity index (χ4n) is 3.76. The number of imidazole rings is 1. The predicted molar refractivity (Wildman–Crippen MR) is 139 cm³/mol. The predicted octanol–water partition coefficient (Wildman–Crippen LogP) is 6.63. The molecule has 0 aliphatic rings. The third kappa shape index (κ3) is 5.19. The molecule has 2 N–H and O–H groups in total. The van der Waals surface area contributed by atoms with Crippen molar-refractivity contribution < 1.29 is 4.74 Å². The number of hydrogen-bond acceptors (Lipinski definition) is 5. The first-order chi connectivity index (χ1) is 15.9. The summed E-state index contributed by atoms with van der Waals surface area (Å²) in [5.41, 5.74) is 5.67. The van der Waals surface area contributed by atoms with Gasteiger partial charge in [-0.05, 0) is 69.0 Å². The van der Waals surface area contributed by atoms with E-state index in [4.69, 9.17) is 32.9 Å². The van der Waals surface area contributed by atoms with Gasteiger partial charge in [0.2, 0.25) is 5.95 Å². The Morgan fingerprint density at radius 2 is 1.76 bits per heavy atom. The number of halogens is 2. The van der Waals surface area contributed by atoms with Gasteiger partial charge in [-0.3, -0.25) is 0 Å². The molecule has 0 saturated heterocycles. The van der Waals surface area contributed by atoms with Crippen molar-refractivity contribution in [3.63, 3.8) is 0 Å². The maximum Gasteiger partial charge on any atom is 0.205 e. The lowest BCUT2D eigenvalue weighted by atomic mass is 10.2. The first-order valence-corrected chi connectivity index (χ1v) is 11.4. The SMILES string of the molecule is COc1cc(Cl)cc(C)c1Nc1nc2c(N(CCN(C)C)c3ccc(Cl)cc3)cccc2[nH]1. The van der Waals surface area contributed by atoms with Crippen molar-refractivity contribution in [1.82, 2.24) is 14.9 Å². The van der Waals surface area contributed by atoms with E-state index >= 15 is 0 Å². The smallest absolute Gasteiger partial charge is 0.205 e. The minimum atomic E-state index is 0.626. The molecule has 0 aliphatic carbocycles. The molecule has 0 aliphatic heterocycles. The van der Waals surface area contributed by atoms with Gasteiger partial charge in [-0.1, -0.05) is 29.3 Å². The van der Waals surface area contributed by atoms with E-state index in [1.807, 2.05) is 49.4 Å². The molecule has 0 amide bonds. The Labute approximate surface area is 204 Å². The normalized spacial score (nSPS) is 11.2. The van der Waals surface area contributed by atoms with Gasteiger partial charge in [0.1, 0.15) is 11.3 Å². The molecule has 1 heterocycles. The molecule has 0 bridgehead atoms. The van der Waals surface area contributed by atoms with E-state index in [1.54, 1.807) is 13.2 Å². The van der Waals surface area contributed by atoms with E-state index in [1.165, 1.54) is 0 Å². The van der Waals surface area contributed by atoms with Gasteiger partial charge in [-0.15, -0.1) is 0 Å². The molecule has 0 atom stereocenters. The first kappa shape index (κ1) is 23.2. The number of hydrogen-bond donors (Lipinski definition) is 2. The monoisotopic (exact) mass is 483 g/mol. The highest BCUT2D eigenvalue weighted by Gasteiger charge is 2.17. The fraction of sp³-hybridized carbons (Fsp3) is 0.240. The zero-order valence-corrected chi connectivity index (χ0v) is 20.6. The van der Waals surface area contributed by atoms with E-state index < -0.39 is 0 Å². The topological polar surface area (TPSA) is 56.4 Å². The summed E-state index contributed by atoms with van der Waals surface area (Å²) in [4.78, 5) is 12.7. The van der Waals surface area contributed by atoms with E-state index in [0.29, 0.717) is 21.7 Å². The number of H-pyrrole nitrogens is 1. The number of rotatable bonds is 8.